The molecule has 2 aliphatic rings. The number of aromatic nitrogens is 2. The van der Waals surface area contributed by atoms with Crippen molar-refractivity contribution in [2.24, 2.45) is 5.41 Å². The number of hydrogen-bond donors (Lipinski definition) is 0. The van der Waals surface area contributed by atoms with E-state index < -0.39 is 19.6 Å². The molecule has 2 saturated carbocycles. The summed E-state index contributed by atoms with van der Waals surface area (Å²) in [6.07, 6.45) is 14.3. The van der Waals surface area contributed by atoms with Gasteiger partial charge >= 0.3 is 0 Å². The van der Waals surface area contributed by atoms with Crippen LogP contribution in [0.4, 0.5) is 0 Å². The van der Waals surface area contributed by atoms with E-state index in [0.29, 0.717) is 22.2 Å². The quantitative estimate of drug-likeness (QED) is 0.165. The van der Waals surface area contributed by atoms with Gasteiger partial charge in [-0.25, -0.2) is 0 Å². The molecule has 2 aliphatic carbocycles. The minimum atomic E-state index is -2.27. The number of benzene rings is 5. The molecule has 1 spiro atoms. The van der Waals surface area contributed by atoms with Crippen molar-refractivity contribution >= 4 is 32.7 Å². The number of hydrogen-bond acceptors (Lipinski definition) is 3. The standard InChI is InChI=1S/C32H30NO.C19H16N.Ir/c1-4-16-32(17-5-1)18-13-22(14-19-32)24-15-20-33-29(21-24)28-10-6-9-26-27-12-11-23-7-2-3-8-25(23)30(27)34-31(26)28;1-14-8-11-19(20-13-14)17-10-9-15(2)18(12-17)16-6-4-3-5-7-16;/h2-3,6-9,11-12,15,20-22H,1,4-5,13-14,16-19H2;3-9,11-13H,1-2H3;/q2*-1;/i22D;1D3,2D3;. The van der Waals surface area contributed by atoms with Crippen molar-refractivity contribution in [3.63, 3.8) is 0 Å². The Kier molecular flexibility index (Phi) is 8.59. The van der Waals surface area contributed by atoms with Crippen LogP contribution in [0.5, 0.6) is 0 Å². The number of fused-ring (bicyclic) bond motifs is 5. The molecule has 2 fully saturated rings. The third-order valence-electron chi connectivity index (χ3n) is 11.7. The molecule has 10 rings (SSSR count). The second-order valence-electron chi connectivity index (χ2n) is 14.9. The van der Waals surface area contributed by atoms with Crippen molar-refractivity contribution in [2.75, 3.05) is 0 Å². The first kappa shape index (κ1) is 29.4. The second-order valence-corrected chi connectivity index (χ2v) is 14.9. The summed E-state index contributed by atoms with van der Waals surface area (Å²) in [5.74, 6) is -0.529. The summed E-state index contributed by atoms with van der Waals surface area (Å²) in [5.41, 5.74) is 7.94. The molecule has 0 aliphatic heterocycles. The molecule has 1 radical (unpaired) electrons. The monoisotopic (exact) mass is 902 g/mol. The summed E-state index contributed by atoms with van der Waals surface area (Å²) in [4.78, 5) is 8.94. The fourth-order valence-electron chi connectivity index (χ4n) is 8.67. The maximum atomic E-state index is 9.40. The molecule has 55 heavy (non-hydrogen) atoms. The van der Waals surface area contributed by atoms with E-state index in [2.05, 4.69) is 71.7 Å². The molecule has 3 nitrogen and oxygen atoms in total. The molecule has 0 N–H and O–H groups in total. The summed E-state index contributed by atoms with van der Waals surface area (Å²) in [7, 11) is 0. The Bertz CT molecular complexity index is 2840. The zero-order chi connectivity index (χ0) is 42.4. The molecule has 0 amide bonds. The SMILES string of the molecule is [2H]C([2H])([2H])c1ccc(-c2[c-]cc(C([2H])([2H])[2H])c(-c3ccccc3)c2)nc1.[2H]C1(c2ccnc(-c3[c-]ccc4c3oc3c5ccccc5ccc43)c2)CCC2(CCCCC2)CC1.[Ir]. The fraction of sp³-hybridized carbons (Fsp3) is 0.255. The van der Waals surface area contributed by atoms with Crippen LogP contribution >= 0.6 is 0 Å². The fourth-order valence-corrected chi connectivity index (χ4v) is 8.67. The minimum absolute atomic E-state index is 0. The number of nitrogens with zero attached hydrogens (tertiary/aromatic N) is 2. The molecule has 277 valence electrons. The van der Waals surface area contributed by atoms with Gasteiger partial charge in [0.05, 0.1) is 5.58 Å². The van der Waals surface area contributed by atoms with E-state index >= 15 is 0 Å². The molecule has 4 heteroatoms. The average molecular weight is 902 g/mol. The van der Waals surface area contributed by atoms with Gasteiger partial charge in [0.1, 0.15) is 5.58 Å². The number of aryl methyl sites for hydroxylation is 2. The van der Waals surface area contributed by atoms with Crippen LogP contribution in [0.2, 0.25) is 0 Å². The Hall–Kier alpha value is -4.89. The molecular formula is C51H46IrN2O-2. The van der Waals surface area contributed by atoms with E-state index in [1.54, 1.807) is 12.1 Å². The summed E-state index contributed by atoms with van der Waals surface area (Å²) >= 11 is 0. The van der Waals surface area contributed by atoms with Crippen LogP contribution in [-0.2, 0) is 20.1 Å². The van der Waals surface area contributed by atoms with Crippen LogP contribution in [0.1, 0.15) is 90.0 Å². The van der Waals surface area contributed by atoms with Crippen molar-refractivity contribution in [3.8, 4) is 33.6 Å². The number of furan rings is 1. The van der Waals surface area contributed by atoms with E-state index in [1.807, 2.05) is 42.6 Å². The first-order valence-corrected chi connectivity index (χ1v) is 19.1. The maximum Gasteiger partial charge on any atom is 0.128 e. The van der Waals surface area contributed by atoms with Gasteiger partial charge in [0, 0.05) is 52.9 Å². The van der Waals surface area contributed by atoms with E-state index in [1.165, 1.54) is 68.7 Å². The second kappa shape index (κ2) is 16.1. The molecule has 3 heterocycles. The molecule has 8 aromatic rings. The maximum absolute atomic E-state index is 9.40. The summed E-state index contributed by atoms with van der Waals surface area (Å²) in [6.45, 7) is -4.48. The van der Waals surface area contributed by atoms with Crippen molar-refractivity contribution in [1.29, 1.82) is 0 Å². The predicted molar refractivity (Wildman–Crippen MR) is 223 cm³/mol. The van der Waals surface area contributed by atoms with Gasteiger partial charge in [0.2, 0.25) is 0 Å². The van der Waals surface area contributed by atoms with E-state index in [-0.39, 0.29) is 31.2 Å². The topological polar surface area (TPSA) is 38.9 Å². The van der Waals surface area contributed by atoms with Gasteiger partial charge in [0.25, 0.3) is 0 Å². The molecule has 5 aromatic carbocycles. The van der Waals surface area contributed by atoms with Crippen LogP contribution in [0.3, 0.4) is 0 Å². The van der Waals surface area contributed by atoms with E-state index in [9.17, 15) is 1.37 Å². The zero-order valence-electron chi connectivity index (χ0n) is 37.6. The molecule has 3 aromatic heterocycles. The first-order chi connectivity index (χ1) is 29.3. The Morgan fingerprint density at radius 3 is 2.35 bits per heavy atom. The van der Waals surface area contributed by atoms with Gasteiger partial charge in [0.15, 0.2) is 0 Å². The smallest absolute Gasteiger partial charge is 0.128 e. The Labute approximate surface area is 348 Å². The molecule has 0 saturated heterocycles. The van der Waals surface area contributed by atoms with Gasteiger partial charge < -0.3 is 14.4 Å². The summed E-state index contributed by atoms with van der Waals surface area (Å²) in [5, 5.41) is 4.50. The predicted octanol–water partition coefficient (Wildman–Crippen LogP) is 14.0. The zero-order valence-corrected chi connectivity index (χ0v) is 33.0. The molecule has 0 unspecified atom stereocenters. The third-order valence-corrected chi connectivity index (χ3v) is 11.7. The Morgan fingerprint density at radius 1 is 0.727 bits per heavy atom. The van der Waals surface area contributed by atoms with Crippen molar-refractivity contribution in [2.45, 2.75) is 77.4 Å². The van der Waals surface area contributed by atoms with Crippen LogP contribution in [-0.4, -0.2) is 9.97 Å². The van der Waals surface area contributed by atoms with E-state index in [4.69, 9.17) is 17.6 Å². The van der Waals surface area contributed by atoms with Gasteiger partial charge in [-0.1, -0.05) is 133 Å². The summed E-state index contributed by atoms with van der Waals surface area (Å²) in [6, 6.07) is 42.8. The first-order valence-electron chi connectivity index (χ1n) is 22.6. The normalized spacial score (nSPS) is 18.4. The summed E-state index contributed by atoms with van der Waals surface area (Å²) < 4.78 is 61.5. The van der Waals surface area contributed by atoms with Crippen molar-refractivity contribution in [1.82, 2.24) is 9.97 Å². The van der Waals surface area contributed by atoms with E-state index in [0.717, 1.165) is 62.6 Å². The average Bonchev–Trinajstić information content (AvgIpc) is 3.67. The Morgan fingerprint density at radius 2 is 1.55 bits per heavy atom. The van der Waals surface area contributed by atoms with Crippen LogP contribution in [0, 0.1) is 31.3 Å². The third kappa shape index (κ3) is 7.55. The van der Waals surface area contributed by atoms with Crippen LogP contribution in [0.15, 0.2) is 132 Å². The van der Waals surface area contributed by atoms with Crippen molar-refractivity contribution < 1.29 is 34.1 Å². The van der Waals surface area contributed by atoms with Gasteiger partial charge in [-0.15, -0.1) is 47.5 Å². The Balaban J connectivity index is 0.000000176. The minimum Gasteiger partial charge on any atom is -0.500 e. The van der Waals surface area contributed by atoms with Crippen molar-refractivity contribution in [3.05, 3.63) is 156 Å². The molecule has 0 bridgehead atoms. The van der Waals surface area contributed by atoms with Crippen LogP contribution in [0.25, 0.3) is 66.4 Å². The van der Waals surface area contributed by atoms with Gasteiger partial charge in [-0.3, -0.25) is 0 Å². The molecule has 0 atom stereocenters. The largest absolute Gasteiger partial charge is 0.500 e. The number of rotatable bonds is 4. The van der Waals surface area contributed by atoms with Gasteiger partial charge in [-0.05, 0) is 90.7 Å². The molecular weight excluding hydrogens is 849 g/mol. The van der Waals surface area contributed by atoms with Crippen LogP contribution < -0.4 is 0 Å². The van der Waals surface area contributed by atoms with Gasteiger partial charge in [-0.2, -0.15) is 0 Å². The number of pyridine rings is 2.